The molecule has 1 aromatic heterocycles. The lowest BCUT2D eigenvalue weighted by molar-refractivity contribution is -0.119. The summed E-state index contributed by atoms with van der Waals surface area (Å²) < 4.78 is 27.3. The van der Waals surface area contributed by atoms with E-state index in [0.29, 0.717) is 15.5 Å². The fourth-order valence-corrected chi connectivity index (χ4v) is 5.55. The van der Waals surface area contributed by atoms with Gasteiger partial charge in [-0.1, -0.05) is 25.1 Å². The molecule has 22 heavy (non-hydrogen) atoms. The smallest absolute Gasteiger partial charge is 0.273 e. The fourth-order valence-electron chi connectivity index (χ4n) is 2.64. The van der Waals surface area contributed by atoms with Crippen molar-refractivity contribution in [2.24, 2.45) is 5.73 Å². The van der Waals surface area contributed by atoms with Gasteiger partial charge in [-0.05, 0) is 30.2 Å². The van der Waals surface area contributed by atoms with Crippen LogP contribution in [0.2, 0.25) is 0 Å². The highest BCUT2D eigenvalue weighted by Gasteiger charge is 2.39. The molecule has 0 spiro atoms. The van der Waals surface area contributed by atoms with Crippen LogP contribution in [0.15, 0.2) is 40.6 Å². The van der Waals surface area contributed by atoms with Crippen LogP contribution in [0, 0.1) is 0 Å². The van der Waals surface area contributed by atoms with E-state index in [1.165, 1.54) is 15.6 Å². The van der Waals surface area contributed by atoms with Gasteiger partial charge in [0.05, 0.1) is 18.2 Å². The van der Waals surface area contributed by atoms with Gasteiger partial charge < -0.3 is 5.73 Å². The molecule has 1 aromatic carbocycles. The molecule has 1 aliphatic heterocycles. The number of rotatable bonds is 4. The first-order valence-corrected chi connectivity index (χ1v) is 9.20. The number of para-hydroxylation sites is 1. The average molecular weight is 336 g/mol. The van der Waals surface area contributed by atoms with Crippen LogP contribution < -0.4 is 10.0 Å². The van der Waals surface area contributed by atoms with E-state index < -0.39 is 21.8 Å². The second-order valence-electron chi connectivity index (χ2n) is 5.12. The molecule has 3 rings (SSSR count). The molecule has 0 saturated heterocycles. The third kappa shape index (κ3) is 2.30. The first-order valence-electron chi connectivity index (χ1n) is 6.95. The summed E-state index contributed by atoms with van der Waals surface area (Å²) in [5.41, 5.74) is 6.64. The Morgan fingerprint density at radius 2 is 2.05 bits per heavy atom. The number of hydrogen-bond acceptors (Lipinski definition) is 4. The van der Waals surface area contributed by atoms with Gasteiger partial charge in [0.25, 0.3) is 10.0 Å². The van der Waals surface area contributed by atoms with Gasteiger partial charge in [0.15, 0.2) is 0 Å². The number of nitrogens with two attached hydrogens (primary N) is 1. The minimum Gasteiger partial charge on any atom is -0.369 e. The molecule has 0 saturated carbocycles. The number of nitrogens with zero attached hydrogens (tertiary/aromatic N) is 1. The van der Waals surface area contributed by atoms with E-state index in [4.69, 9.17) is 5.73 Å². The normalized spacial score (nSPS) is 17.5. The molecule has 0 bridgehead atoms. The van der Waals surface area contributed by atoms with E-state index in [9.17, 15) is 13.2 Å². The topological polar surface area (TPSA) is 80.5 Å². The summed E-state index contributed by atoms with van der Waals surface area (Å²) in [6, 6.07) is 10.5. The van der Waals surface area contributed by atoms with Crippen LogP contribution in [0.1, 0.15) is 23.3 Å². The van der Waals surface area contributed by atoms with Crippen molar-refractivity contribution in [1.29, 1.82) is 0 Å². The number of thiophene rings is 1. The molecule has 7 heteroatoms. The standard InChI is InChI=1S/C15H16N2O3S2/c1-2-10-7-8-14(21-10)22(19,20)17-9-12(15(16)18)11-5-3-4-6-13(11)17/h3-8,12H,2,9H2,1H3,(H2,16,18). The number of amides is 1. The van der Waals surface area contributed by atoms with Crippen molar-refractivity contribution in [2.45, 2.75) is 23.5 Å². The summed E-state index contributed by atoms with van der Waals surface area (Å²) in [4.78, 5) is 12.6. The lowest BCUT2D eigenvalue weighted by atomic mass is 10.0. The Morgan fingerprint density at radius 1 is 1.32 bits per heavy atom. The number of carbonyl (C=O) groups excluding carboxylic acids is 1. The van der Waals surface area contributed by atoms with Gasteiger partial charge in [-0.15, -0.1) is 11.3 Å². The Bertz CT molecular complexity index is 827. The maximum atomic E-state index is 12.9. The second-order valence-corrected chi connectivity index (χ2v) is 8.38. The van der Waals surface area contributed by atoms with Crippen LogP contribution in [0.5, 0.6) is 0 Å². The minimum atomic E-state index is -3.66. The lowest BCUT2D eigenvalue weighted by Crippen LogP contribution is -2.32. The first kappa shape index (κ1) is 15.1. The van der Waals surface area contributed by atoms with Crippen molar-refractivity contribution >= 4 is 33.0 Å². The molecule has 116 valence electrons. The Balaban J connectivity index is 2.07. The van der Waals surface area contributed by atoms with E-state index in [2.05, 4.69) is 0 Å². The van der Waals surface area contributed by atoms with E-state index in [1.807, 2.05) is 13.0 Å². The van der Waals surface area contributed by atoms with Gasteiger partial charge in [-0.2, -0.15) is 0 Å². The molecule has 1 aliphatic rings. The number of sulfonamides is 1. The third-order valence-electron chi connectivity index (χ3n) is 3.80. The maximum Gasteiger partial charge on any atom is 0.273 e. The molecule has 0 fully saturated rings. The van der Waals surface area contributed by atoms with Crippen molar-refractivity contribution in [3.8, 4) is 0 Å². The predicted molar refractivity (Wildman–Crippen MR) is 86.6 cm³/mol. The summed E-state index contributed by atoms with van der Waals surface area (Å²) in [7, 11) is -3.66. The number of anilines is 1. The Hall–Kier alpha value is -1.86. The van der Waals surface area contributed by atoms with Crippen LogP contribution in [-0.2, 0) is 21.2 Å². The highest BCUT2D eigenvalue weighted by atomic mass is 32.2. The van der Waals surface area contributed by atoms with Crippen molar-refractivity contribution in [3.63, 3.8) is 0 Å². The van der Waals surface area contributed by atoms with Crippen LogP contribution in [0.3, 0.4) is 0 Å². The quantitative estimate of drug-likeness (QED) is 0.928. The number of hydrogen-bond donors (Lipinski definition) is 1. The van der Waals surface area contributed by atoms with E-state index >= 15 is 0 Å². The van der Waals surface area contributed by atoms with Gasteiger partial charge >= 0.3 is 0 Å². The third-order valence-corrected chi connectivity index (χ3v) is 7.28. The molecule has 1 unspecified atom stereocenters. The van der Waals surface area contributed by atoms with Gasteiger partial charge in [0, 0.05) is 4.88 Å². The van der Waals surface area contributed by atoms with Crippen molar-refractivity contribution in [1.82, 2.24) is 0 Å². The Labute approximate surface area is 133 Å². The molecule has 2 N–H and O–H groups in total. The van der Waals surface area contributed by atoms with E-state index in [1.54, 1.807) is 30.3 Å². The zero-order chi connectivity index (χ0) is 15.9. The summed E-state index contributed by atoms with van der Waals surface area (Å²) in [5, 5.41) is 0. The van der Waals surface area contributed by atoms with Gasteiger partial charge in [0.2, 0.25) is 5.91 Å². The first-order chi connectivity index (χ1) is 10.4. The fraction of sp³-hybridized carbons (Fsp3) is 0.267. The zero-order valence-electron chi connectivity index (χ0n) is 12.0. The molecule has 2 heterocycles. The maximum absolute atomic E-state index is 12.9. The van der Waals surface area contributed by atoms with Gasteiger partial charge in [-0.3, -0.25) is 9.10 Å². The highest BCUT2D eigenvalue weighted by Crippen LogP contribution is 2.40. The SMILES string of the molecule is CCc1ccc(S(=O)(=O)N2CC(C(N)=O)c3ccccc32)s1. The van der Waals surface area contributed by atoms with Crippen molar-refractivity contribution in [3.05, 3.63) is 46.8 Å². The lowest BCUT2D eigenvalue weighted by Gasteiger charge is -2.18. The Kier molecular flexibility index (Phi) is 3.70. The predicted octanol–water partition coefficient (Wildman–Crippen LogP) is 2.09. The molecular formula is C15H16N2O3S2. The summed E-state index contributed by atoms with van der Waals surface area (Å²) >= 11 is 1.27. The number of benzene rings is 1. The molecule has 1 amide bonds. The minimum absolute atomic E-state index is 0.0658. The molecule has 5 nitrogen and oxygen atoms in total. The van der Waals surface area contributed by atoms with Gasteiger partial charge in [0.1, 0.15) is 4.21 Å². The van der Waals surface area contributed by atoms with Crippen LogP contribution in [-0.4, -0.2) is 20.9 Å². The summed E-state index contributed by atoms with van der Waals surface area (Å²) in [5.74, 6) is -1.11. The van der Waals surface area contributed by atoms with Crippen LogP contribution >= 0.6 is 11.3 Å². The average Bonchev–Trinajstić information content (AvgIpc) is 3.12. The zero-order valence-corrected chi connectivity index (χ0v) is 13.7. The number of primary amides is 1. The second kappa shape index (κ2) is 5.40. The molecule has 1 atom stereocenters. The molecule has 0 radical (unpaired) electrons. The summed E-state index contributed by atoms with van der Waals surface area (Å²) in [6.07, 6.45) is 0.792. The molecular weight excluding hydrogens is 320 g/mol. The Morgan fingerprint density at radius 3 is 2.68 bits per heavy atom. The molecule has 0 aliphatic carbocycles. The van der Waals surface area contributed by atoms with Crippen molar-refractivity contribution < 1.29 is 13.2 Å². The molecule has 2 aromatic rings. The largest absolute Gasteiger partial charge is 0.369 e. The highest BCUT2D eigenvalue weighted by molar-refractivity contribution is 7.94. The number of fused-ring (bicyclic) bond motifs is 1. The number of carbonyl (C=O) groups is 1. The van der Waals surface area contributed by atoms with E-state index in [-0.39, 0.29) is 6.54 Å². The van der Waals surface area contributed by atoms with Gasteiger partial charge in [-0.25, -0.2) is 8.42 Å². The summed E-state index contributed by atoms with van der Waals surface area (Å²) in [6.45, 7) is 2.05. The van der Waals surface area contributed by atoms with Crippen LogP contribution in [0.4, 0.5) is 5.69 Å². The monoisotopic (exact) mass is 336 g/mol. The number of aryl methyl sites for hydroxylation is 1. The van der Waals surface area contributed by atoms with Crippen LogP contribution in [0.25, 0.3) is 0 Å². The van der Waals surface area contributed by atoms with E-state index in [0.717, 1.165) is 11.3 Å². The van der Waals surface area contributed by atoms with Crippen molar-refractivity contribution in [2.75, 3.05) is 10.8 Å².